The molecule has 6 aromatic carbocycles. The largest absolute Gasteiger partial charge is 0.508 e. The summed E-state index contributed by atoms with van der Waals surface area (Å²) < 4.78 is 9.15. The molecule has 0 radical (unpaired) electrons. The van der Waals surface area contributed by atoms with Gasteiger partial charge < -0.3 is 19.1 Å². The third kappa shape index (κ3) is 7.46. The van der Waals surface area contributed by atoms with Crippen molar-refractivity contribution in [2.75, 3.05) is 16.8 Å². The second kappa shape index (κ2) is 15.8. The maximum absolute atomic E-state index is 6.98. The van der Waals surface area contributed by atoms with Crippen LogP contribution in [-0.4, -0.2) is 31.6 Å². The van der Waals surface area contributed by atoms with Crippen LogP contribution >= 0.6 is 0 Å². The molecule has 0 N–H and O–H groups in total. The fourth-order valence-corrected chi connectivity index (χ4v) is 7.77. The van der Waals surface area contributed by atoms with E-state index in [1.807, 2.05) is 43.6 Å². The van der Waals surface area contributed by atoms with E-state index in [-0.39, 0.29) is 26.5 Å². The van der Waals surface area contributed by atoms with Crippen molar-refractivity contribution < 1.29 is 25.8 Å². The summed E-state index contributed by atoms with van der Waals surface area (Å²) >= 11 is 0. The van der Waals surface area contributed by atoms with Gasteiger partial charge in [0.05, 0.1) is 0 Å². The molecule has 61 heavy (non-hydrogen) atoms. The van der Waals surface area contributed by atoms with Crippen LogP contribution in [-0.2, 0) is 26.5 Å². The van der Waals surface area contributed by atoms with Crippen LogP contribution < -0.4 is 14.5 Å². The van der Waals surface area contributed by atoms with E-state index in [2.05, 4.69) is 171 Å². The molecule has 9 aromatic rings. The van der Waals surface area contributed by atoms with E-state index >= 15 is 0 Å². The standard InChI is InChI=1S/C52H42N7O.Pt/c1-33-18-22-35(23-19-33)49-54-50(36-24-20-34(2)21-25-36)56-51(55-49)42-30-41-40-14-7-8-15-43(40)59(48-28-37(26-27-53-48)52(3,4)5)46(41)31-47(42)60-39-13-11-12-38(29-39)58-32-57(6)44-16-9-10-17-45(44)58;/h7-28,30,32H,1-6H3;/q-3;. The number of aryl methyl sites for hydroxylation is 2. The van der Waals surface area contributed by atoms with Crippen LogP contribution in [0.15, 0.2) is 140 Å². The van der Waals surface area contributed by atoms with Gasteiger partial charge in [-0.3, -0.25) is 0 Å². The molecule has 3 aromatic heterocycles. The van der Waals surface area contributed by atoms with Gasteiger partial charge in [0, 0.05) is 66.8 Å². The van der Waals surface area contributed by atoms with Crippen molar-refractivity contribution in [1.29, 1.82) is 0 Å². The fourth-order valence-electron chi connectivity index (χ4n) is 7.77. The molecule has 304 valence electrons. The number of hydrogen-bond donors (Lipinski definition) is 0. The van der Waals surface area contributed by atoms with Crippen LogP contribution in [0, 0.1) is 32.6 Å². The van der Waals surface area contributed by atoms with Gasteiger partial charge in [0.2, 0.25) is 0 Å². The molecule has 0 unspecified atom stereocenters. The minimum Gasteiger partial charge on any atom is -0.508 e. The average Bonchev–Trinajstić information content (AvgIpc) is 3.77. The molecule has 0 saturated carbocycles. The first-order valence-electron chi connectivity index (χ1n) is 20.1. The van der Waals surface area contributed by atoms with Crippen molar-refractivity contribution in [3.63, 3.8) is 0 Å². The van der Waals surface area contributed by atoms with E-state index in [1.54, 1.807) is 0 Å². The zero-order chi connectivity index (χ0) is 41.1. The molecule has 1 aliphatic heterocycles. The van der Waals surface area contributed by atoms with Crippen LogP contribution in [0.2, 0.25) is 0 Å². The number of benzene rings is 6. The smallest absolute Gasteiger partial charge is 0.162 e. The Morgan fingerprint density at radius 1 is 0.639 bits per heavy atom. The van der Waals surface area contributed by atoms with Gasteiger partial charge >= 0.3 is 0 Å². The van der Waals surface area contributed by atoms with Crippen LogP contribution in [0.4, 0.5) is 17.1 Å². The maximum Gasteiger partial charge on any atom is 0.162 e. The molecule has 4 heterocycles. The van der Waals surface area contributed by atoms with Crippen molar-refractivity contribution in [3.8, 4) is 51.5 Å². The number of pyridine rings is 1. The first-order chi connectivity index (χ1) is 29.1. The monoisotopic (exact) mass is 975 g/mol. The summed E-state index contributed by atoms with van der Waals surface area (Å²) in [7, 11) is 2.05. The van der Waals surface area contributed by atoms with Crippen molar-refractivity contribution in [3.05, 3.63) is 175 Å². The maximum atomic E-state index is 6.98. The molecule has 0 fully saturated rings. The Hall–Kier alpha value is -6.63. The Morgan fingerprint density at radius 3 is 1.97 bits per heavy atom. The van der Waals surface area contributed by atoms with Crippen molar-refractivity contribution in [1.82, 2.24) is 24.5 Å². The summed E-state index contributed by atoms with van der Waals surface area (Å²) in [6.07, 6.45) is 1.89. The third-order valence-corrected chi connectivity index (χ3v) is 11.1. The number of rotatable bonds is 7. The normalized spacial score (nSPS) is 12.5. The number of fused-ring (bicyclic) bond motifs is 4. The molecule has 10 rings (SSSR count). The summed E-state index contributed by atoms with van der Waals surface area (Å²) in [5, 5.41) is 2.01. The molecule has 0 bridgehead atoms. The predicted molar refractivity (Wildman–Crippen MR) is 242 cm³/mol. The number of hydrogen-bond acceptors (Lipinski definition) is 7. The minimum absolute atomic E-state index is 0. The van der Waals surface area contributed by atoms with E-state index in [9.17, 15) is 0 Å². The third-order valence-electron chi connectivity index (χ3n) is 11.1. The number of anilines is 3. The molecule has 0 atom stereocenters. The van der Waals surface area contributed by atoms with E-state index in [4.69, 9.17) is 24.7 Å². The fraction of sp³-hybridized carbons (Fsp3) is 0.135. The predicted octanol–water partition coefficient (Wildman–Crippen LogP) is 12.4. The zero-order valence-electron chi connectivity index (χ0n) is 34.7. The molecule has 0 amide bonds. The molecule has 8 nitrogen and oxygen atoms in total. The Bertz CT molecular complexity index is 3020. The summed E-state index contributed by atoms with van der Waals surface area (Å²) in [4.78, 5) is 24.5. The number of para-hydroxylation sites is 3. The van der Waals surface area contributed by atoms with E-state index in [0.717, 1.165) is 66.9 Å². The van der Waals surface area contributed by atoms with Crippen molar-refractivity contribution in [2.24, 2.45) is 0 Å². The Balaban J connectivity index is 0.00000476. The topological polar surface area (TPSA) is 72.2 Å². The minimum atomic E-state index is -0.0758. The zero-order valence-corrected chi connectivity index (χ0v) is 37.0. The molecular weight excluding hydrogens is 934 g/mol. The number of aromatic nitrogens is 5. The van der Waals surface area contributed by atoms with Gasteiger partial charge in [0.25, 0.3) is 0 Å². The molecule has 0 spiro atoms. The van der Waals surface area contributed by atoms with E-state index < -0.39 is 0 Å². The molecule has 0 saturated heterocycles. The van der Waals surface area contributed by atoms with Crippen LogP contribution in [0.3, 0.4) is 0 Å². The Morgan fingerprint density at radius 2 is 1.28 bits per heavy atom. The van der Waals surface area contributed by atoms with Crippen molar-refractivity contribution in [2.45, 2.75) is 40.0 Å². The van der Waals surface area contributed by atoms with E-state index in [1.165, 1.54) is 5.56 Å². The number of nitrogens with zero attached hydrogens (tertiary/aromatic N) is 7. The second-order valence-corrected chi connectivity index (χ2v) is 16.4. The van der Waals surface area contributed by atoms with Gasteiger partial charge in [-0.1, -0.05) is 116 Å². The van der Waals surface area contributed by atoms with Crippen LogP contribution in [0.5, 0.6) is 11.5 Å². The quantitative estimate of drug-likeness (QED) is 0.147. The second-order valence-electron chi connectivity index (χ2n) is 16.4. The van der Waals surface area contributed by atoms with E-state index in [0.29, 0.717) is 34.5 Å². The van der Waals surface area contributed by atoms with Gasteiger partial charge in [-0.25, -0.2) is 19.9 Å². The van der Waals surface area contributed by atoms with Gasteiger partial charge in [-0.05, 0) is 73.2 Å². The van der Waals surface area contributed by atoms with Crippen LogP contribution in [0.25, 0.3) is 61.8 Å². The molecule has 9 heteroatoms. The van der Waals surface area contributed by atoms with Crippen LogP contribution in [0.1, 0.15) is 37.5 Å². The SMILES string of the molecule is Cc1ccc(-c2nc(-c3ccc(C)cc3)nc(-c3cc4c5ccccc5n(-c5cc(C(C)(C)C)ccn5)c4[c-]c3Oc3[c-]c(N4[CH-]N(C)c5ccccc54)ccc3)n2)cc1.[Pt]. The van der Waals surface area contributed by atoms with Gasteiger partial charge in [0.15, 0.2) is 11.6 Å². The first kappa shape index (κ1) is 39.8. The summed E-state index contributed by atoms with van der Waals surface area (Å²) in [6, 6.07) is 52.9. The summed E-state index contributed by atoms with van der Waals surface area (Å²) in [5.74, 6) is 3.36. The summed E-state index contributed by atoms with van der Waals surface area (Å²) in [6.45, 7) is 12.9. The molecule has 0 aliphatic carbocycles. The number of ether oxygens (including phenoxy) is 1. The Labute approximate surface area is 370 Å². The Kier molecular flexibility index (Phi) is 10.3. The average molecular weight is 976 g/mol. The first-order valence-corrected chi connectivity index (χ1v) is 20.1. The van der Waals surface area contributed by atoms with Gasteiger partial charge in [-0.15, -0.1) is 41.4 Å². The van der Waals surface area contributed by atoms with Gasteiger partial charge in [0.1, 0.15) is 11.6 Å². The van der Waals surface area contributed by atoms with Gasteiger partial charge in [-0.2, -0.15) is 12.7 Å². The van der Waals surface area contributed by atoms with Crippen molar-refractivity contribution >= 4 is 38.9 Å². The molecular formula is C52H42N7OPt-3. The summed E-state index contributed by atoms with van der Waals surface area (Å²) in [5.41, 5.74) is 10.7. The molecule has 1 aliphatic rings.